The lowest BCUT2D eigenvalue weighted by Crippen LogP contribution is -2.36. The van der Waals surface area contributed by atoms with Gasteiger partial charge in [0.15, 0.2) is 0 Å². The summed E-state index contributed by atoms with van der Waals surface area (Å²) in [6.07, 6.45) is 5.07. The van der Waals surface area contributed by atoms with E-state index in [1.165, 1.54) is 0 Å². The van der Waals surface area contributed by atoms with Gasteiger partial charge < -0.3 is 15.0 Å². The first kappa shape index (κ1) is 25.7. The Kier molecular flexibility index (Phi) is 6.79. The number of carbonyl (C=O) groups is 1. The van der Waals surface area contributed by atoms with Crippen molar-refractivity contribution in [2.75, 3.05) is 25.5 Å². The van der Waals surface area contributed by atoms with Gasteiger partial charge in [-0.25, -0.2) is 14.2 Å². The summed E-state index contributed by atoms with van der Waals surface area (Å²) < 4.78 is 18.6. The molecule has 8 nitrogen and oxygen atoms in total. The van der Waals surface area contributed by atoms with Crippen LogP contribution in [0.1, 0.15) is 58.9 Å². The van der Waals surface area contributed by atoms with E-state index >= 15 is 0 Å². The second kappa shape index (κ2) is 10.1. The van der Waals surface area contributed by atoms with Crippen molar-refractivity contribution in [3.05, 3.63) is 87.3 Å². The van der Waals surface area contributed by atoms with Crippen LogP contribution in [0.25, 0.3) is 16.7 Å². The van der Waals surface area contributed by atoms with Crippen LogP contribution in [0.2, 0.25) is 0 Å². The Morgan fingerprint density at radius 1 is 1.18 bits per heavy atom. The van der Waals surface area contributed by atoms with Gasteiger partial charge in [0.25, 0.3) is 5.56 Å². The number of carboxylic acids is 1. The van der Waals surface area contributed by atoms with E-state index in [2.05, 4.69) is 32.8 Å². The van der Waals surface area contributed by atoms with Crippen LogP contribution in [-0.2, 0) is 7.05 Å². The summed E-state index contributed by atoms with van der Waals surface area (Å²) in [4.78, 5) is 31.1. The van der Waals surface area contributed by atoms with Crippen LogP contribution < -0.4 is 10.9 Å². The number of hydrogen-bond donors (Lipinski definition) is 2. The lowest BCUT2D eigenvalue weighted by atomic mass is 9.85. The minimum atomic E-state index is -1.12. The quantitative estimate of drug-likeness (QED) is 0.380. The third kappa shape index (κ3) is 4.47. The predicted molar refractivity (Wildman–Crippen MR) is 146 cm³/mol. The zero-order valence-corrected chi connectivity index (χ0v) is 22.0. The topological polar surface area (TPSA) is 92.4 Å². The number of aromatic carboxylic acids is 1. The molecule has 0 radical (unpaired) electrons. The van der Waals surface area contributed by atoms with Gasteiger partial charge in [0.05, 0.1) is 11.3 Å². The van der Waals surface area contributed by atoms with E-state index < -0.39 is 11.8 Å². The highest BCUT2D eigenvalue weighted by Gasteiger charge is 2.29. The third-order valence-electron chi connectivity index (χ3n) is 7.91. The number of rotatable bonds is 6. The first-order valence-corrected chi connectivity index (χ1v) is 12.8. The standard InChI is InChI=1S/C29H32FN5O3/c1-17-13-20(29(37)38)14-23(30)27(17)19-6-10-34(11-7-19)18(2)25-16-22-24(5-9-32-28(22)33(25)4)35-12-8-21(31-3)15-26(35)36/h5,8-9,12-16,18-19,31H,6-7,10-11H2,1-4H3,(H,37,38)/t18-/m0/s1. The number of aryl methyl sites for hydroxylation is 2. The molecule has 38 heavy (non-hydrogen) atoms. The molecule has 1 fully saturated rings. The number of fused-ring (bicyclic) bond motifs is 1. The summed E-state index contributed by atoms with van der Waals surface area (Å²) in [5, 5.41) is 13.1. The monoisotopic (exact) mass is 517 g/mol. The number of piperidine rings is 1. The molecule has 1 aromatic carbocycles. The minimum Gasteiger partial charge on any atom is -0.478 e. The molecule has 4 heterocycles. The number of likely N-dealkylation sites (tertiary alicyclic amines) is 1. The average Bonchev–Trinajstić information content (AvgIpc) is 3.24. The Morgan fingerprint density at radius 3 is 2.55 bits per heavy atom. The van der Waals surface area contributed by atoms with Crippen molar-refractivity contribution in [1.29, 1.82) is 0 Å². The molecule has 0 unspecified atom stereocenters. The lowest BCUT2D eigenvalue weighted by molar-refractivity contribution is 0.0696. The van der Waals surface area contributed by atoms with Crippen LogP contribution in [0.4, 0.5) is 10.1 Å². The van der Waals surface area contributed by atoms with Crippen LogP contribution in [0.3, 0.4) is 0 Å². The van der Waals surface area contributed by atoms with Gasteiger partial charge >= 0.3 is 5.97 Å². The van der Waals surface area contributed by atoms with Crippen LogP contribution in [0, 0.1) is 12.7 Å². The van der Waals surface area contributed by atoms with Gasteiger partial charge in [0.1, 0.15) is 11.5 Å². The van der Waals surface area contributed by atoms with Crippen LogP contribution in [-0.4, -0.2) is 50.2 Å². The second-order valence-electron chi connectivity index (χ2n) is 10.0. The van der Waals surface area contributed by atoms with E-state index in [9.17, 15) is 19.1 Å². The molecule has 0 amide bonds. The molecule has 1 aliphatic heterocycles. The maximum atomic E-state index is 14.9. The van der Waals surface area contributed by atoms with Crippen molar-refractivity contribution < 1.29 is 14.3 Å². The molecule has 1 atom stereocenters. The lowest BCUT2D eigenvalue weighted by Gasteiger charge is -2.37. The van der Waals surface area contributed by atoms with Crippen molar-refractivity contribution >= 4 is 22.7 Å². The van der Waals surface area contributed by atoms with Crippen molar-refractivity contribution in [3.8, 4) is 5.69 Å². The SMILES string of the molecule is CNc1ccn(-c2ccnc3c2cc([C@H](C)N2CCC(c4c(C)cc(C(=O)O)cc4F)CC2)n3C)c(=O)c1. The van der Waals surface area contributed by atoms with Crippen molar-refractivity contribution in [3.63, 3.8) is 0 Å². The molecule has 0 aliphatic carbocycles. The van der Waals surface area contributed by atoms with E-state index in [0.29, 0.717) is 11.1 Å². The number of carboxylic acid groups (broad SMARTS) is 1. The first-order chi connectivity index (χ1) is 18.2. The number of nitrogens with one attached hydrogen (secondary N) is 1. The summed E-state index contributed by atoms with van der Waals surface area (Å²) in [6, 6.07) is 10.2. The van der Waals surface area contributed by atoms with Crippen molar-refractivity contribution in [2.45, 2.75) is 38.6 Å². The molecular formula is C29H32FN5O3. The maximum Gasteiger partial charge on any atom is 0.335 e. The fourth-order valence-electron chi connectivity index (χ4n) is 5.83. The average molecular weight is 518 g/mol. The van der Waals surface area contributed by atoms with E-state index in [1.807, 2.05) is 19.2 Å². The Balaban J connectivity index is 1.40. The smallest absolute Gasteiger partial charge is 0.335 e. The second-order valence-corrected chi connectivity index (χ2v) is 10.0. The number of benzene rings is 1. The van der Waals surface area contributed by atoms with Crippen molar-refractivity contribution in [1.82, 2.24) is 19.0 Å². The van der Waals surface area contributed by atoms with Crippen LogP contribution in [0.5, 0.6) is 0 Å². The van der Waals surface area contributed by atoms with Crippen LogP contribution >= 0.6 is 0 Å². The molecule has 1 aliphatic rings. The van der Waals surface area contributed by atoms with E-state index in [1.54, 1.807) is 43.1 Å². The molecule has 0 saturated carbocycles. The molecule has 0 bridgehead atoms. The zero-order valence-electron chi connectivity index (χ0n) is 22.0. The highest BCUT2D eigenvalue weighted by Crippen LogP contribution is 2.36. The molecule has 1 saturated heterocycles. The zero-order chi connectivity index (χ0) is 27.1. The summed E-state index contributed by atoms with van der Waals surface area (Å²) >= 11 is 0. The van der Waals surface area contributed by atoms with Gasteiger partial charge in [0.2, 0.25) is 0 Å². The fraction of sp³-hybridized carbons (Fsp3) is 0.345. The molecule has 5 rings (SSSR count). The summed E-state index contributed by atoms with van der Waals surface area (Å²) in [5.74, 6) is -1.50. The van der Waals surface area contributed by atoms with Gasteiger partial charge in [0, 0.05) is 55.4 Å². The minimum absolute atomic E-state index is 0.0150. The summed E-state index contributed by atoms with van der Waals surface area (Å²) in [7, 11) is 3.78. The number of anilines is 1. The largest absolute Gasteiger partial charge is 0.478 e. The molecular weight excluding hydrogens is 485 g/mol. The van der Waals surface area contributed by atoms with Gasteiger partial charge in [-0.2, -0.15) is 0 Å². The van der Waals surface area contributed by atoms with E-state index in [0.717, 1.165) is 60.1 Å². The maximum absolute atomic E-state index is 14.9. The third-order valence-corrected chi connectivity index (χ3v) is 7.91. The Morgan fingerprint density at radius 2 is 1.92 bits per heavy atom. The Labute approximate surface area is 220 Å². The Bertz CT molecular complexity index is 1560. The first-order valence-electron chi connectivity index (χ1n) is 12.8. The molecule has 3 aromatic heterocycles. The molecule has 0 spiro atoms. The van der Waals surface area contributed by atoms with Crippen molar-refractivity contribution in [2.24, 2.45) is 7.05 Å². The van der Waals surface area contributed by atoms with Gasteiger partial charge in [-0.1, -0.05) is 0 Å². The number of aromatic nitrogens is 3. The highest BCUT2D eigenvalue weighted by atomic mass is 19.1. The number of pyridine rings is 2. The molecule has 9 heteroatoms. The molecule has 4 aromatic rings. The normalized spacial score (nSPS) is 15.6. The summed E-state index contributed by atoms with van der Waals surface area (Å²) in [5.41, 5.74) is 4.63. The fourth-order valence-corrected chi connectivity index (χ4v) is 5.83. The van der Waals surface area contributed by atoms with E-state index in [-0.39, 0.29) is 23.1 Å². The van der Waals surface area contributed by atoms with Gasteiger partial charge in [-0.15, -0.1) is 0 Å². The van der Waals surface area contributed by atoms with Crippen LogP contribution in [0.15, 0.2) is 53.6 Å². The van der Waals surface area contributed by atoms with Gasteiger partial charge in [-0.3, -0.25) is 14.3 Å². The molecule has 198 valence electrons. The Hall–Kier alpha value is -3.98. The van der Waals surface area contributed by atoms with Gasteiger partial charge in [-0.05, 0) is 87.2 Å². The predicted octanol–water partition coefficient (Wildman–Crippen LogP) is 4.85. The number of hydrogen-bond acceptors (Lipinski definition) is 5. The number of nitrogens with zero attached hydrogens (tertiary/aromatic N) is 4. The highest BCUT2D eigenvalue weighted by molar-refractivity contribution is 5.88. The summed E-state index contributed by atoms with van der Waals surface area (Å²) in [6.45, 7) is 5.53. The number of halogens is 1. The molecule has 2 N–H and O–H groups in total. The van der Waals surface area contributed by atoms with E-state index in [4.69, 9.17) is 0 Å².